The van der Waals surface area contributed by atoms with Gasteiger partial charge in [0.1, 0.15) is 11.9 Å². The van der Waals surface area contributed by atoms with Crippen LogP contribution in [0.15, 0.2) is 42.5 Å². The Morgan fingerprint density at radius 1 is 0.977 bits per heavy atom. The molecule has 238 valence electrons. The summed E-state index contributed by atoms with van der Waals surface area (Å²) >= 11 is 5.69. The van der Waals surface area contributed by atoms with Crippen LogP contribution in [0.4, 0.5) is 30.7 Å². The first-order valence-corrected chi connectivity index (χ1v) is 17.0. The van der Waals surface area contributed by atoms with E-state index in [1.807, 2.05) is 38.8 Å². The molecule has 0 aromatic heterocycles. The van der Waals surface area contributed by atoms with Crippen molar-refractivity contribution < 1.29 is 44.6 Å². The van der Waals surface area contributed by atoms with Crippen molar-refractivity contribution in [1.29, 1.82) is 0 Å². The Morgan fingerprint density at radius 3 is 2.07 bits per heavy atom. The lowest BCUT2D eigenvalue weighted by atomic mass is 10.00. The molecule has 0 spiro atoms. The summed E-state index contributed by atoms with van der Waals surface area (Å²) in [6.45, 7) is 10.1. The van der Waals surface area contributed by atoms with Crippen molar-refractivity contribution in [2.75, 3.05) is 32.2 Å². The van der Waals surface area contributed by atoms with Gasteiger partial charge in [-0.2, -0.15) is 26.3 Å². The molecular formula is C30H35ClF7NO3Si. The van der Waals surface area contributed by atoms with Gasteiger partial charge < -0.3 is 13.9 Å². The largest absolute Gasteiger partial charge is 0.416 e. The van der Waals surface area contributed by atoms with E-state index in [2.05, 4.69) is 11.8 Å². The summed E-state index contributed by atoms with van der Waals surface area (Å²) in [7, 11) is -2.54. The average molecular weight is 654 g/mol. The maximum absolute atomic E-state index is 13.8. The minimum absolute atomic E-state index is 0.0744. The van der Waals surface area contributed by atoms with Crippen LogP contribution < -0.4 is 0 Å². The van der Waals surface area contributed by atoms with Crippen LogP contribution in [0.25, 0.3) is 0 Å². The predicted molar refractivity (Wildman–Crippen MR) is 152 cm³/mol. The van der Waals surface area contributed by atoms with Crippen LogP contribution in [0.5, 0.6) is 0 Å². The summed E-state index contributed by atoms with van der Waals surface area (Å²) in [4.78, 5) is 1.87. The van der Waals surface area contributed by atoms with Gasteiger partial charge >= 0.3 is 12.4 Å². The van der Waals surface area contributed by atoms with E-state index in [9.17, 15) is 30.7 Å². The number of hydrogen-bond acceptors (Lipinski definition) is 4. The van der Waals surface area contributed by atoms with Crippen LogP contribution in [0.3, 0.4) is 0 Å². The molecule has 2 aromatic carbocycles. The van der Waals surface area contributed by atoms with Gasteiger partial charge in [0.2, 0.25) is 0 Å². The van der Waals surface area contributed by atoms with Crippen molar-refractivity contribution in [3.05, 3.63) is 70.5 Å². The number of hydrogen-bond donors (Lipinski definition) is 0. The Kier molecular flexibility index (Phi) is 11.4. The molecule has 1 heterocycles. The van der Waals surface area contributed by atoms with E-state index in [0.717, 1.165) is 0 Å². The van der Waals surface area contributed by atoms with Crippen molar-refractivity contribution in [2.45, 2.75) is 69.7 Å². The molecule has 0 unspecified atom stereocenters. The molecule has 0 saturated carbocycles. The summed E-state index contributed by atoms with van der Waals surface area (Å²) in [5.41, 5.74) is -2.73. The molecule has 3 rings (SSSR count). The standard InChI is InChI=1S/C30H35ClF7NO3Si/c1-28(2,3)43(4,5)41-19-25(21-16-22(29(33,34)35)18-23(17-21)30(36,37)38)42-27-26(20-8-10-24(32)11-9-20)39(14-15-40-27)13-7-6-12-31/h8-11,16-18,25-27H,12-15,19H2,1-5H3/t25-,26+,27-/m1/s1. The Balaban J connectivity index is 2.11. The van der Waals surface area contributed by atoms with Crippen molar-refractivity contribution >= 4 is 19.9 Å². The summed E-state index contributed by atoms with van der Waals surface area (Å²) in [5.74, 6) is 5.28. The van der Waals surface area contributed by atoms with Crippen LogP contribution in [0, 0.1) is 17.7 Å². The fraction of sp³-hybridized carbons (Fsp3) is 0.533. The first-order valence-electron chi connectivity index (χ1n) is 13.5. The normalized spacial score (nSPS) is 19.6. The van der Waals surface area contributed by atoms with Gasteiger partial charge in [-0.15, -0.1) is 11.6 Å². The third-order valence-corrected chi connectivity index (χ3v) is 12.3. The fourth-order valence-electron chi connectivity index (χ4n) is 4.25. The third kappa shape index (κ3) is 9.42. The molecule has 3 atom stereocenters. The number of alkyl halides is 7. The molecule has 4 nitrogen and oxygen atoms in total. The van der Waals surface area contributed by atoms with Gasteiger partial charge in [0.05, 0.1) is 42.8 Å². The Morgan fingerprint density at radius 2 is 1.56 bits per heavy atom. The average Bonchev–Trinajstić information content (AvgIpc) is 2.90. The second kappa shape index (κ2) is 13.9. The van der Waals surface area contributed by atoms with Crippen LogP contribution in [-0.2, 0) is 26.3 Å². The van der Waals surface area contributed by atoms with E-state index < -0.39 is 56.0 Å². The minimum atomic E-state index is -5.04. The molecule has 0 N–H and O–H groups in total. The second-order valence-corrected chi connectivity index (χ2v) is 16.8. The first-order chi connectivity index (χ1) is 19.8. The zero-order valence-electron chi connectivity index (χ0n) is 24.5. The second-order valence-electron chi connectivity index (χ2n) is 11.7. The van der Waals surface area contributed by atoms with Crippen LogP contribution in [0.2, 0.25) is 18.1 Å². The highest BCUT2D eigenvalue weighted by atomic mass is 35.5. The van der Waals surface area contributed by atoms with E-state index >= 15 is 0 Å². The molecule has 13 heteroatoms. The highest BCUT2D eigenvalue weighted by Gasteiger charge is 2.42. The van der Waals surface area contributed by atoms with E-state index in [1.165, 1.54) is 24.3 Å². The molecule has 1 saturated heterocycles. The quantitative estimate of drug-likeness (QED) is 0.124. The number of nitrogens with zero attached hydrogens (tertiary/aromatic N) is 1. The number of benzene rings is 2. The lowest BCUT2D eigenvalue weighted by molar-refractivity contribution is -0.235. The van der Waals surface area contributed by atoms with E-state index in [1.54, 1.807) is 0 Å². The first kappa shape index (κ1) is 35.3. The molecule has 1 aliphatic heterocycles. The summed E-state index contributed by atoms with van der Waals surface area (Å²) in [6.07, 6.45) is -12.6. The topological polar surface area (TPSA) is 30.9 Å². The van der Waals surface area contributed by atoms with Gasteiger partial charge in [0.25, 0.3) is 0 Å². The number of halogens is 8. The summed E-state index contributed by atoms with van der Waals surface area (Å²) in [6, 6.07) is 6.16. The maximum atomic E-state index is 13.8. The zero-order valence-corrected chi connectivity index (χ0v) is 26.3. The van der Waals surface area contributed by atoms with Gasteiger partial charge in [-0.1, -0.05) is 44.7 Å². The van der Waals surface area contributed by atoms with Gasteiger partial charge in [-0.25, -0.2) is 4.39 Å². The Labute approximate surface area is 253 Å². The molecular weight excluding hydrogens is 619 g/mol. The molecule has 2 aromatic rings. The van der Waals surface area contributed by atoms with Crippen LogP contribution >= 0.6 is 11.6 Å². The van der Waals surface area contributed by atoms with Crippen molar-refractivity contribution in [3.8, 4) is 11.8 Å². The lowest BCUT2D eigenvalue weighted by Crippen LogP contribution is -2.47. The monoisotopic (exact) mass is 653 g/mol. The fourth-order valence-corrected chi connectivity index (χ4v) is 5.35. The van der Waals surface area contributed by atoms with Gasteiger partial charge in [0, 0.05) is 6.54 Å². The summed E-state index contributed by atoms with van der Waals surface area (Å²) < 4.78 is 115. The van der Waals surface area contributed by atoms with Crippen molar-refractivity contribution in [3.63, 3.8) is 0 Å². The van der Waals surface area contributed by atoms with Crippen molar-refractivity contribution in [2.24, 2.45) is 0 Å². The molecule has 1 aliphatic rings. The molecule has 0 amide bonds. The Bertz CT molecular complexity index is 1250. The Hall–Kier alpha value is -2.14. The van der Waals surface area contributed by atoms with E-state index in [4.69, 9.17) is 25.5 Å². The smallest absolute Gasteiger partial charge is 0.414 e. The van der Waals surface area contributed by atoms with E-state index in [-0.39, 0.29) is 42.3 Å². The van der Waals surface area contributed by atoms with Gasteiger partial charge in [-0.05, 0) is 59.6 Å². The zero-order chi connectivity index (χ0) is 32.2. The summed E-state index contributed by atoms with van der Waals surface area (Å²) in [5, 5.41) is -0.307. The number of morpholine rings is 1. The molecule has 0 radical (unpaired) electrons. The number of ether oxygens (including phenoxy) is 2. The van der Waals surface area contributed by atoms with Crippen LogP contribution in [0.1, 0.15) is 55.2 Å². The third-order valence-electron chi connectivity index (χ3n) is 7.68. The maximum Gasteiger partial charge on any atom is 0.416 e. The minimum Gasteiger partial charge on any atom is -0.414 e. The molecule has 43 heavy (non-hydrogen) atoms. The molecule has 0 bridgehead atoms. The van der Waals surface area contributed by atoms with Crippen LogP contribution in [-0.4, -0.2) is 51.7 Å². The number of rotatable bonds is 8. The predicted octanol–water partition coefficient (Wildman–Crippen LogP) is 8.58. The highest BCUT2D eigenvalue weighted by molar-refractivity contribution is 6.74. The highest BCUT2D eigenvalue weighted by Crippen LogP contribution is 2.42. The van der Waals surface area contributed by atoms with Gasteiger partial charge in [0.15, 0.2) is 14.6 Å². The van der Waals surface area contributed by atoms with Gasteiger partial charge in [-0.3, -0.25) is 4.90 Å². The van der Waals surface area contributed by atoms with E-state index in [0.29, 0.717) is 24.2 Å². The molecule has 1 fully saturated rings. The van der Waals surface area contributed by atoms with Crippen molar-refractivity contribution in [1.82, 2.24) is 4.90 Å². The lowest BCUT2D eigenvalue weighted by Gasteiger charge is -2.42. The molecule has 0 aliphatic carbocycles. The SMILES string of the molecule is CC(C)(C)[Si](C)(C)OC[C@@H](O[C@H]1OCCN(CC#CCCl)[C@H]1c1ccc(F)cc1)c1cc(C(F)(F)F)cc(C(F)(F)F)c1.